The molecule has 0 aliphatic carbocycles. The molecule has 3 heterocycles. The second-order valence-electron chi connectivity index (χ2n) is 7.67. The number of carbonyl (C=O) groups is 2. The van der Waals surface area contributed by atoms with E-state index in [-0.39, 0.29) is 23.4 Å². The van der Waals surface area contributed by atoms with Gasteiger partial charge in [0.1, 0.15) is 5.69 Å². The Hall–Kier alpha value is -4.81. The number of nitrogens with one attached hydrogen (secondary N) is 1. The van der Waals surface area contributed by atoms with Crippen LogP contribution in [0.2, 0.25) is 0 Å². The highest BCUT2D eigenvalue weighted by Crippen LogP contribution is 2.45. The third kappa shape index (κ3) is 3.27. The van der Waals surface area contributed by atoms with Gasteiger partial charge in [0.15, 0.2) is 34.6 Å². The Morgan fingerprint density at radius 3 is 2.39 bits per heavy atom. The summed E-state index contributed by atoms with van der Waals surface area (Å²) in [5.74, 6) is -5.95. The van der Waals surface area contributed by atoms with Crippen molar-refractivity contribution in [2.45, 2.75) is 6.54 Å². The summed E-state index contributed by atoms with van der Waals surface area (Å²) in [5, 5.41) is 16.3. The highest BCUT2D eigenvalue weighted by atomic mass is 19.1. The van der Waals surface area contributed by atoms with Gasteiger partial charge in [-0.3, -0.25) is 14.9 Å². The maximum absolute atomic E-state index is 15.4. The number of benzene rings is 2. The van der Waals surface area contributed by atoms with E-state index < -0.39 is 57.9 Å². The Balaban J connectivity index is 1.81. The number of ether oxygens (including phenoxy) is 2. The van der Waals surface area contributed by atoms with Crippen molar-refractivity contribution in [2.24, 2.45) is 0 Å². The van der Waals surface area contributed by atoms with Crippen LogP contribution < -0.4 is 19.3 Å². The molecule has 0 unspecified atom stereocenters. The molecule has 1 aliphatic rings. The molecule has 36 heavy (non-hydrogen) atoms. The number of pyridine rings is 1. The second kappa shape index (κ2) is 8.45. The molecule has 0 fully saturated rings. The lowest BCUT2D eigenvalue weighted by molar-refractivity contribution is 0.0692. The zero-order valence-electron chi connectivity index (χ0n) is 18.7. The van der Waals surface area contributed by atoms with Crippen LogP contribution in [-0.4, -0.2) is 46.5 Å². The molecule has 4 aromatic rings. The largest absolute Gasteiger partial charge is 0.493 e. The average molecular weight is 499 g/mol. The molecule has 1 aliphatic heterocycles. The molecule has 10 nitrogen and oxygen atoms in total. The summed E-state index contributed by atoms with van der Waals surface area (Å²) in [7, 11) is 2.32. The van der Waals surface area contributed by atoms with Crippen molar-refractivity contribution >= 4 is 40.1 Å². The minimum absolute atomic E-state index is 0.132. The Kier molecular flexibility index (Phi) is 5.39. The van der Waals surface area contributed by atoms with Crippen LogP contribution in [0.5, 0.6) is 11.5 Å². The number of hydrogen-bond acceptors (Lipinski definition) is 6. The van der Waals surface area contributed by atoms with E-state index in [1.165, 1.54) is 24.5 Å². The highest BCUT2D eigenvalue weighted by Gasteiger charge is 2.40. The number of amides is 2. The average Bonchev–Trinajstić information content (AvgIpc) is 3.34. The van der Waals surface area contributed by atoms with Crippen LogP contribution in [-0.2, 0) is 6.54 Å². The van der Waals surface area contributed by atoms with Crippen molar-refractivity contribution in [3.05, 3.63) is 65.2 Å². The van der Waals surface area contributed by atoms with Gasteiger partial charge in [0.25, 0.3) is 0 Å². The number of anilines is 3. The van der Waals surface area contributed by atoms with Gasteiger partial charge in [0, 0.05) is 17.8 Å². The monoisotopic (exact) mass is 499 g/mol. The summed E-state index contributed by atoms with van der Waals surface area (Å²) in [6.07, 6.45) is 2.69. The third-order valence-electron chi connectivity index (χ3n) is 5.77. The van der Waals surface area contributed by atoms with Gasteiger partial charge in [-0.15, -0.1) is 0 Å². The van der Waals surface area contributed by atoms with Crippen molar-refractivity contribution in [1.82, 2.24) is 15.2 Å². The molecule has 0 atom stereocenters. The molecule has 0 spiro atoms. The fraction of sp³-hybridized carbons (Fsp3) is 0.130. The number of carboxylic acids is 1. The lowest BCUT2D eigenvalue weighted by Gasteiger charge is -2.37. The Labute approximate surface area is 200 Å². The number of H-pyrrole nitrogens is 1. The molecule has 0 saturated heterocycles. The maximum atomic E-state index is 15.4. The quantitative estimate of drug-likeness (QED) is 0.418. The van der Waals surface area contributed by atoms with Gasteiger partial charge in [-0.1, -0.05) is 6.07 Å². The summed E-state index contributed by atoms with van der Waals surface area (Å²) in [6.45, 7) is -0.358. The number of rotatable bonds is 5. The SMILES string of the molecule is COc1cc(OC)c(F)c(N2Cc3cnc4[nH]ncc4c3N(c3cccc(C(=O)O)c3F)C2=O)c1F. The minimum Gasteiger partial charge on any atom is -0.493 e. The number of halogens is 3. The molecule has 13 heteroatoms. The Bertz CT molecular complexity index is 1530. The van der Waals surface area contributed by atoms with E-state index in [0.717, 1.165) is 36.2 Å². The van der Waals surface area contributed by atoms with Crippen molar-refractivity contribution in [1.29, 1.82) is 0 Å². The zero-order chi connectivity index (χ0) is 25.7. The molecular formula is C23H16F3N5O5. The standard InChI is InChI=1S/C23H16F3N5O5/c1-35-14-6-15(36-2)18(26)20(17(14)25)30-9-10-7-27-21-12(8-28-29-21)19(10)31(23(30)34)13-5-3-4-11(16(13)24)22(32)33/h3-8H,9H2,1-2H3,(H,32,33)(H,27,28,29). The molecule has 0 bridgehead atoms. The lowest BCUT2D eigenvalue weighted by atomic mass is 10.1. The van der Waals surface area contributed by atoms with Gasteiger partial charge < -0.3 is 14.6 Å². The number of hydrogen-bond donors (Lipinski definition) is 2. The number of urea groups is 1. The number of aromatic nitrogens is 3. The van der Waals surface area contributed by atoms with Crippen molar-refractivity contribution < 1.29 is 37.3 Å². The van der Waals surface area contributed by atoms with Gasteiger partial charge in [0.2, 0.25) is 0 Å². The number of carbonyl (C=O) groups excluding carboxylic acids is 1. The van der Waals surface area contributed by atoms with E-state index in [1.54, 1.807) is 0 Å². The van der Waals surface area contributed by atoms with Crippen LogP contribution in [0.3, 0.4) is 0 Å². The molecule has 0 saturated carbocycles. The topological polar surface area (TPSA) is 121 Å². The number of carboxylic acid groups (broad SMARTS) is 1. The molecule has 2 N–H and O–H groups in total. The summed E-state index contributed by atoms with van der Waals surface area (Å²) in [6, 6.07) is 3.38. The molecule has 5 rings (SSSR count). The molecule has 184 valence electrons. The third-order valence-corrected chi connectivity index (χ3v) is 5.77. The first kappa shape index (κ1) is 23.0. The van der Waals surface area contributed by atoms with Crippen LogP contribution in [0.4, 0.5) is 35.0 Å². The Morgan fingerprint density at radius 2 is 1.75 bits per heavy atom. The Morgan fingerprint density at radius 1 is 1.06 bits per heavy atom. The normalized spacial score (nSPS) is 13.2. The minimum atomic E-state index is -1.56. The van der Waals surface area contributed by atoms with Gasteiger partial charge in [0.05, 0.1) is 49.3 Å². The van der Waals surface area contributed by atoms with E-state index in [2.05, 4.69) is 15.2 Å². The zero-order valence-corrected chi connectivity index (χ0v) is 18.7. The first-order valence-electron chi connectivity index (χ1n) is 10.3. The van der Waals surface area contributed by atoms with Crippen LogP contribution in [0, 0.1) is 17.5 Å². The first-order valence-corrected chi connectivity index (χ1v) is 10.3. The smallest absolute Gasteiger partial charge is 0.338 e. The van der Waals surface area contributed by atoms with Crippen molar-refractivity contribution in [3.8, 4) is 11.5 Å². The number of nitrogens with zero attached hydrogens (tertiary/aromatic N) is 4. The lowest BCUT2D eigenvalue weighted by Crippen LogP contribution is -2.46. The van der Waals surface area contributed by atoms with Crippen molar-refractivity contribution in [3.63, 3.8) is 0 Å². The van der Waals surface area contributed by atoms with E-state index in [1.807, 2.05) is 0 Å². The number of methoxy groups -OCH3 is 2. The molecular weight excluding hydrogens is 483 g/mol. The predicted octanol–water partition coefficient (Wildman–Crippen LogP) is 4.37. The van der Waals surface area contributed by atoms with Crippen LogP contribution in [0.25, 0.3) is 11.0 Å². The fourth-order valence-electron chi connectivity index (χ4n) is 4.13. The number of fused-ring (bicyclic) bond motifs is 3. The highest BCUT2D eigenvalue weighted by molar-refractivity contribution is 6.15. The van der Waals surface area contributed by atoms with Crippen LogP contribution in [0.15, 0.2) is 36.7 Å². The van der Waals surface area contributed by atoms with Gasteiger partial charge in [-0.05, 0) is 12.1 Å². The molecule has 2 amide bonds. The maximum Gasteiger partial charge on any atom is 0.338 e. The predicted molar refractivity (Wildman–Crippen MR) is 120 cm³/mol. The van der Waals surface area contributed by atoms with Gasteiger partial charge in [-0.25, -0.2) is 27.7 Å². The van der Waals surface area contributed by atoms with E-state index in [4.69, 9.17) is 9.47 Å². The number of aromatic amines is 1. The van der Waals surface area contributed by atoms with Crippen molar-refractivity contribution in [2.75, 3.05) is 24.0 Å². The van der Waals surface area contributed by atoms with Crippen LogP contribution in [0.1, 0.15) is 15.9 Å². The summed E-state index contributed by atoms with van der Waals surface area (Å²) < 4.78 is 56.1. The van der Waals surface area contributed by atoms with E-state index >= 15 is 13.2 Å². The summed E-state index contributed by atoms with van der Waals surface area (Å²) in [5.41, 5.74) is -1.27. The fourth-order valence-corrected chi connectivity index (χ4v) is 4.13. The summed E-state index contributed by atoms with van der Waals surface area (Å²) >= 11 is 0. The molecule has 0 radical (unpaired) electrons. The van der Waals surface area contributed by atoms with Crippen LogP contribution >= 0.6 is 0 Å². The number of aromatic carboxylic acids is 1. The van der Waals surface area contributed by atoms with E-state index in [0.29, 0.717) is 5.39 Å². The second-order valence-corrected chi connectivity index (χ2v) is 7.67. The van der Waals surface area contributed by atoms with Gasteiger partial charge in [-0.2, -0.15) is 5.10 Å². The first-order chi connectivity index (χ1) is 17.3. The van der Waals surface area contributed by atoms with Gasteiger partial charge >= 0.3 is 12.0 Å². The summed E-state index contributed by atoms with van der Waals surface area (Å²) in [4.78, 5) is 31.2. The molecule has 2 aromatic carbocycles. The molecule has 2 aromatic heterocycles. The van der Waals surface area contributed by atoms with E-state index in [9.17, 15) is 14.7 Å².